The maximum atomic E-state index is 11.7. The second-order valence-corrected chi connectivity index (χ2v) is 7.72. The van der Waals surface area contributed by atoms with Crippen LogP contribution in [-0.4, -0.2) is 73.6 Å². The topological polar surface area (TPSA) is 95.3 Å². The van der Waals surface area contributed by atoms with Crippen molar-refractivity contribution in [3.63, 3.8) is 0 Å². The van der Waals surface area contributed by atoms with Crippen molar-refractivity contribution in [2.45, 2.75) is 69.5 Å². The predicted octanol–water partition coefficient (Wildman–Crippen LogP) is 0.401. The largest absolute Gasteiger partial charge is 0.440 e. The average molecular weight is 343 g/mol. The van der Waals surface area contributed by atoms with Gasteiger partial charge in [0.05, 0.1) is 0 Å². The van der Waals surface area contributed by atoms with E-state index in [2.05, 4.69) is 17.1 Å². The third-order valence-electron chi connectivity index (χ3n) is 4.97. The fourth-order valence-corrected chi connectivity index (χ4v) is 3.52. The number of hydrogen-bond acceptors (Lipinski definition) is 7. The fourth-order valence-electron chi connectivity index (χ4n) is 3.52. The summed E-state index contributed by atoms with van der Waals surface area (Å²) in [6.07, 6.45) is -0.313. The zero-order valence-electron chi connectivity index (χ0n) is 14.9. The van der Waals surface area contributed by atoms with Crippen LogP contribution in [0.15, 0.2) is 0 Å². The van der Waals surface area contributed by atoms with Gasteiger partial charge in [0.2, 0.25) is 0 Å². The molecule has 0 unspecified atom stereocenters. The molecule has 24 heavy (non-hydrogen) atoms. The molecule has 3 aliphatic rings. The summed E-state index contributed by atoms with van der Waals surface area (Å²) in [6, 6.07) is 0. The summed E-state index contributed by atoms with van der Waals surface area (Å²) in [7, 11) is 1.54. The van der Waals surface area contributed by atoms with E-state index in [1.54, 1.807) is 0 Å². The summed E-state index contributed by atoms with van der Waals surface area (Å²) in [4.78, 5) is 14.0. The molecule has 3 N–H and O–H groups in total. The number of rotatable bonds is 3. The average Bonchev–Trinajstić information content (AvgIpc) is 2.94. The molecule has 138 valence electrons. The van der Waals surface area contributed by atoms with E-state index in [0.717, 1.165) is 25.9 Å². The normalized spacial score (nSPS) is 37.9. The molecule has 4 atom stereocenters. The Hall–Kier alpha value is -0.930. The first kappa shape index (κ1) is 17.9. The molecule has 1 amide bonds. The molecule has 0 bridgehead atoms. The predicted molar refractivity (Wildman–Crippen MR) is 86.3 cm³/mol. The fraction of sp³-hybridized carbons (Fsp3) is 0.938. The molecule has 0 aliphatic carbocycles. The van der Waals surface area contributed by atoms with Gasteiger partial charge in [-0.25, -0.2) is 4.79 Å². The number of nitrogens with two attached hydrogens (primary N) is 1. The Morgan fingerprint density at radius 2 is 1.96 bits per heavy atom. The molecule has 3 rings (SSSR count). The number of fused-ring (bicyclic) bond motifs is 1. The molecular weight excluding hydrogens is 314 g/mol. The molecular formula is C16H29N3O5. The number of ether oxygens (including phenoxy) is 4. The first-order valence-electron chi connectivity index (χ1n) is 8.60. The zero-order chi connectivity index (χ0) is 17.5. The molecule has 3 fully saturated rings. The summed E-state index contributed by atoms with van der Waals surface area (Å²) < 4.78 is 23.2. The van der Waals surface area contributed by atoms with Crippen LogP contribution in [0.25, 0.3) is 0 Å². The summed E-state index contributed by atoms with van der Waals surface area (Å²) in [5, 5.41) is 2.48. The van der Waals surface area contributed by atoms with Crippen molar-refractivity contribution >= 4 is 6.09 Å². The van der Waals surface area contributed by atoms with Crippen molar-refractivity contribution in [3.8, 4) is 0 Å². The summed E-state index contributed by atoms with van der Waals surface area (Å²) in [5.74, 6) is -0.739. The molecule has 0 aromatic rings. The SMILES string of the molecule is CNC(=O)O[C@@H]1[C@H]2OC(C)(C)O[C@H]2O[C@@H]1CN1CCC(C)(N)CC1. The van der Waals surface area contributed by atoms with Gasteiger partial charge >= 0.3 is 6.09 Å². The van der Waals surface area contributed by atoms with Crippen molar-refractivity contribution in [3.05, 3.63) is 0 Å². The van der Waals surface area contributed by atoms with Gasteiger partial charge in [-0.2, -0.15) is 0 Å². The van der Waals surface area contributed by atoms with Gasteiger partial charge in [0.1, 0.15) is 6.10 Å². The number of hydrogen-bond donors (Lipinski definition) is 2. The Morgan fingerprint density at radius 3 is 2.58 bits per heavy atom. The molecule has 0 saturated carbocycles. The first-order chi connectivity index (χ1) is 11.2. The minimum atomic E-state index is -0.739. The maximum Gasteiger partial charge on any atom is 0.407 e. The van der Waals surface area contributed by atoms with Crippen molar-refractivity contribution in [2.24, 2.45) is 5.73 Å². The lowest BCUT2D eigenvalue weighted by Gasteiger charge is -2.38. The van der Waals surface area contributed by atoms with Gasteiger partial charge in [-0.05, 0) is 46.7 Å². The van der Waals surface area contributed by atoms with Gasteiger partial charge in [0, 0.05) is 19.1 Å². The van der Waals surface area contributed by atoms with E-state index < -0.39 is 30.4 Å². The van der Waals surface area contributed by atoms with E-state index in [9.17, 15) is 4.79 Å². The lowest BCUT2D eigenvalue weighted by Crippen LogP contribution is -2.51. The van der Waals surface area contributed by atoms with Crippen molar-refractivity contribution in [2.75, 3.05) is 26.7 Å². The van der Waals surface area contributed by atoms with Crippen LogP contribution in [0.1, 0.15) is 33.6 Å². The van der Waals surface area contributed by atoms with Gasteiger partial charge in [-0.1, -0.05) is 0 Å². The van der Waals surface area contributed by atoms with E-state index >= 15 is 0 Å². The Kier molecular flexibility index (Phi) is 4.78. The van der Waals surface area contributed by atoms with Gasteiger partial charge in [0.25, 0.3) is 0 Å². The third kappa shape index (κ3) is 3.83. The van der Waals surface area contributed by atoms with Crippen LogP contribution in [0.3, 0.4) is 0 Å². The third-order valence-corrected chi connectivity index (χ3v) is 4.97. The van der Waals surface area contributed by atoms with Crippen LogP contribution in [0.2, 0.25) is 0 Å². The number of nitrogens with zero attached hydrogens (tertiary/aromatic N) is 1. The summed E-state index contributed by atoms with van der Waals surface area (Å²) >= 11 is 0. The lowest BCUT2D eigenvalue weighted by atomic mass is 9.91. The van der Waals surface area contributed by atoms with Crippen LogP contribution < -0.4 is 11.1 Å². The Labute approximate surface area is 142 Å². The number of amides is 1. The second-order valence-electron chi connectivity index (χ2n) is 7.72. The summed E-state index contributed by atoms with van der Waals surface area (Å²) in [5.41, 5.74) is 6.09. The van der Waals surface area contributed by atoms with Crippen LogP contribution >= 0.6 is 0 Å². The smallest absolute Gasteiger partial charge is 0.407 e. The van der Waals surface area contributed by atoms with E-state index in [1.807, 2.05) is 13.8 Å². The molecule has 0 radical (unpaired) electrons. The molecule has 0 spiro atoms. The molecule has 3 heterocycles. The molecule has 8 heteroatoms. The van der Waals surface area contributed by atoms with Crippen molar-refractivity contribution in [1.82, 2.24) is 10.2 Å². The molecule has 8 nitrogen and oxygen atoms in total. The summed E-state index contributed by atoms with van der Waals surface area (Å²) in [6.45, 7) is 8.21. The first-order valence-corrected chi connectivity index (χ1v) is 8.60. The Bertz CT molecular complexity index is 474. The monoisotopic (exact) mass is 343 g/mol. The maximum absolute atomic E-state index is 11.7. The van der Waals surface area contributed by atoms with Crippen LogP contribution in [0.5, 0.6) is 0 Å². The number of piperidine rings is 1. The molecule has 0 aromatic heterocycles. The van der Waals surface area contributed by atoms with Crippen LogP contribution in [0.4, 0.5) is 4.79 Å². The Balaban J connectivity index is 1.64. The van der Waals surface area contributed by atoms with Crippen molar-refractivity contribution < 1.29 is 23.7 Å². The van der Waals surface area contributed by atoms with E-state index in [1.165, 1.54) is 7.05 Å². The highest BCUT2D eigenvalue weighted by Crippen LogP contribution is 2.39. The van der Waals surface area contributed by atoms with E-state index in [0.29, 0.717) is 6.54 Å². The van der Waals surface area contributed by atoms with Gasteiger partial charge < -0.3 is 34.9 Å². The van der Waals surface area contributed by atoms with Gasteiger partial charge in [0.15, 0.2) is 24.3 Å². The number of alkyl carbamates (subject to hydrolysis) is 1. The number of likely N-dealkylation sites (tertiary alicyclic amines) is 1. The molecule has 3 saturated heterocycles. The highest BCUT2D eigenvalue weighted by atomic mass is 16.8. The number of carbonyl (C=O) groups is 1. The molecule has 3 aliphatic heterocycles. The molecule has 0 aromatic carbocycles. The minimum absolute atomic E-state index is 0.0994. The standard InChI is InChI=1S/C16H29N3O5/c1-15(2)23-12-11(22-14(20)18-4)10(21-13(12)24-15)9-19-7-5-16(3,17)6-8-19/h10-13H,5-9,17H2,1-4H3,(H,18,20)/t10-,11+,12-,13-/m1/s1. The highest BCUT2D eigenvalue weighted by molar-refractivity contribution is 5.67. The van der Waals surface area contributed by atoms with Gasteiger partial charge in [-0.15, -0.1) is 0 Å². The minimum Gasteiger partial charge on any atom is -0.440 e. The zero-order valence-corrected chi connectivity index (χ0v) is 14.9. The number of carbonyl (C=O) groups excluding carboxylic acids is 1. The van der Waals surface area contributed by atoms with Crippen molar-refractivity contribution in [1.29, 1.82) is 0 Å². The highest BCUT2D eigenvalue weighted by Gasteiger charge is 2.56. The second kappa shape index (κ2) is 6.42. The van der Waals surface area contributed by atoms with E-state index in [4.69, 9.17) is 24.7 Å². The Morgan fingerprint density at radius 1 is 1.29 bits per heavy atom. The van der Waals surface area contributed by atoms with Crippen LogP contribution in [0, 0.1) is 0 Å². The quantitative estimate of drug-likeness (QED) is 0.766. The van der Waals surface area contributed by atoms with Gasteiger partial charge in [-0.3, -0.25) is 0 Å². The van der Waals surface area contributed by atoms with E-state index in [-0.39, 0.29) is 11.6 Å². The van der Waals surface area contributed by atoms with Crippen LogP contribution in [-0.2, 0) is 18.9 Å². The lowest BCUT2D eigenvalue weighted by molar-refractivity contribution is -0.216. The number of nitrogens with one attached hydrogen (secondary N) is 1.